The molecule has 23 heavy (non-hydrogen) atoms. The van der Waals surface area contributed by atoms with Crippen LogP contribution in [0.2, 0.25) is 0 Å². The van der Waals surface area contributed by atoms with Crippen molar-refractivity contribution in [1.29, 1.82) is 0 Å². The minimum Gasteiger partial charge on any atom is -0.485 e. The fraction of sp³-hybridized carbons (Fsp3) is 0.412. The maximum Gasteiger partial charge on any atom is 0.273 e. The van der Waals surface area contributed by atoms with Crippen molar-refractivity contribution in [3.63, 3.8) is 0 Å². The van der Waals surface area contributed by atoms with E-state index >= 15 is 0 Å². The number of hydrogen-bond donors (Lipinski definition) is 2. The smallest absolute Gasteiger partial charge is 0.273 e. The van der Waals surface area contributed by atoms with Crippen LogP contribution in [0.1, 0.15) is 36.7 Å². The molecule has 0 amide bonds. The Morgan fingerprint density at radius 1 is 1.26 bits per heavy atom. The van der Waals surface area contributed by atoms with E-state index < -0.39 is 5.60 Å². The summed E-state index contributed by atoms with van der Waals surface area (Å²) in [7, 11) is 0. The molecule has 3 heterocycles. The highest BCUT2D eigenvalue weighted by Gasteiger charge is 2.47. The Morgan fingerprint density at radius 3 is 2.83 bits per heavy atom. The molecule has 0 fully saturated rings. The molecule has 2 aliphatic rings. The predicted octanol–water partition coefficient (Wildman–Crippen LogP) is 2.11. The molecule has 0 saturated carbocycles. The quantitative estimate of drug-likeness (QED) is 0.780. The molecule has 0 saturated heterocycles. The van der Waals surface area contributed by atoms with Crippen LogP contribution in [0.25, 0.3) is 0 Å². The molecule has 2 unspecified atom stereocenters. The number of fused-ring (bicyclic) bond motifs is 4. The number of aryl methyl sites for hydroxylation is 2. The molecular formula is C17H20N4O2. The van der Waals surface area contributed by atoms with Crippen LogP contribution < -0.4 is 21.0 Å². The minimum atomic E-state index is -0.439. The van der Waals surface area contributed by atoms with Gasteiger partial charge in [0.1, 0.15) is 11.4 Å². The van der Waals surface area contributed by atoms with Crippen molar-refractivity contribution in [2.24, 2.45) is 0 Å². The van der Waals surface area contributed by atoms with E-state index in [9.17, 15) is 4.79 Å². The Kier molecular flexibility index (Phi) is 2.76. The van der Waals surface area contributed by atoms with Gasteiger partial charge in [-0.2, -0.15) is 4.68 Å². The Morgan fingerprint density at radius 2 is 2.04 bits per heavy atom. The molecule has 0 radical (unpaired) electrons. The van der Waals surface area contributed by atoms with Gasteiger partial charge in [0.05, 0.1) is 12.1 Å². The zero-order valence-corrected chi connectivity index (χ0v) is 13.7. The lowest BCUT2D eigenvalue weighted by atomic mass is 9.84. The van der Waals surface area contributed by atoms with Gasteiger partial charge in [-0.25, -0.2) is 4.98 Å². The lowest BCUT2D eigenvalue weighted by Gasteiger charge is -2.48. The summed E-state index contributed by atoms with van der Waals surface area (Å²) in [6, 6.07) is 7.59. The summed E-state index contributed by atoms with van der Waals surface area (Å²) in [4.78, 5) is 16.7. The first-order valence-corrected chi connectivity index (χ1v) is 7.78. The zero-order valence-electron chi connectivity index (χ0n) is 13.7. The van der Waals surface area contributed by atoms with Crippen LogP contribution >= 0.6 is 0 Å². The van der Waals surface area contributed by atoms with Crippen molar-refractivity contribution in [3.8, 4) is 5.75 Å². The first kappa shape index (κ1) is 14.1. The van der Waals surface area contributed by atoms with Crippen molar-refractivity contribution in [2.45, 2.75) is 45.4 Å². The topological polar surface area (TPSA) is 68.2 Å². The number of rotatable bonds is 0. The van der Waals surface area contributed by atoms with Gasteiger partial charge in [0.2, 0.25) is 5.95 Å². The van der Waals surface area contributed by atoms with Gasteiger partial charge < -0.3 is 15.5 Å². The number of anilines is 1. The Labute approximate surface area is 134 Å². The summed E-state index contributed by atoms with van der Waals surface area (Å²) in [5.41, 5.74) is 5.66. The third-order valence-corrected chi connectivity index (χ3v) is 4.56. The fourth-order valence-corrected chi connectivity index (χ4v) is 3.41. The summed E-state index contributed by atoms with van der Waals surface area (Å²) < 4.78 is 7.71. The molecule has 0 spiro atoms. The molecule has 2 aromatic rings. The summed E-state index contributed by atoms with van der Waals surface area (Å²) in [5, 5.41) is 3.39. The second kappa shape index (κ2) is 4.50. The molecular weight excluding hydrogens is 292 g/mol. The van der Waals surface area contributed by atoms with Gasteiger partial charge in [0.25, 0.3) is 5.56 Å². The van der Waals surface area contributed by atoms with Crippen LogP contribution in [0.5, 0.6) is 5.75 Å². The average molecular weight is 312 g/mol. The van der Waals surface area contributed by atoms with E-state index in [0.717, 1.165) is 16.9 Å². The summed E-state index contributed by atoms with van der Waals surface area (Å²) >= 11 is 0. The summed E-state index contributed by atoms with van der Waals surface area (Å²) in [5.74, 6) is 1.39. The lowest BCUT2D eigenvalue weighted by molar-refractivity contribution is 0.0568. The van der Waals surface area contributed by atoms with Gasteiger partial charge in [0, 0.05) is 17.3 Å². The highest BCUT2D eigenvalue weighted by molar-refractivity contribution is 5.49. The third-order valence-electron chi connectivity index (χ3n) is 4.56. The molecule has 6 heteroatoms. The van der Waals surface area contributed by atoms with E-state index in [0.29, 0.717) is 11.6 Å². The number of nitrogens with one attached hydrogen (secondary N) is 2. The van der Waals surface area contributed by atoms with E-state index in [1.165, 1.54) is 10.7 Å². The number of nitrogens with zero attached hydrogens (tertiary/aromatic N) is 2. The SMILES string of the molecule is Cc1ccc2c(c1)OC(C)(C)C1Nc3nc(C)cc(=O)n3NC21. The van der Waals surface area contributed by atoms with Crippen LogP contribution in [0, 0.1) is 13.8 Å². The predicted molar refractivity (Wildman–Crippen MR) is 88.6 cm³/mol. The molecule has 120 valence electrons. The highest BCUT2D eigenvalue weighted by Crippen LogP contribution is 2.43. The van der Waals surface area contributed by atoms with Gasteiger partial charge in [0.15, 0.2) is 0 Å². The van der Waals surface area contributed by atoms with Crippen molar-refractivity contribution < 1.29 is 4.74 Å². The van der Waals surface area contributed by atoms with E-state index in [1.807, 2.05) is 33.8 Å². The van der Waals surface area contributed by atoms with E-state index in [1.54, 1.807) is 0 Å². The fourth-order valence-electron chi connectivity index (χ4n) is 3.41. The standard InChI is InChI=1S/C17H20N4O2/c1-9-5-6-11-12(7-9)23-17(3,4)15-14(11)20-21-13(22)8-10(2)18-16(21)19-15/h5-8,14-15,20H,1-4H3,(H,18,19). The maximum atomic E-state index is 12.3. The normalized spacial score (nSPS) is 23.5. The number of benzene rings is 1. The highest BCUT2D eigenvalue weighted by atomic mass is 16.5. The van der Waals surface area contributed by atoms with E-state index in [2.05, 4.69) is 27.9 Å². The lowest BCUT2D eigenvalue weighted by Crippen LogP contribution is -2.60. The molecule has 0 aliphatic carbocycles. The van der Waals surface area contributed by atoms with Crippen LogP contribution in [0.4, 0.5) is 5.95 Å². The Bertz CT molecular complexity index is 856. The third kappa shape index (κ3) is 2.09. The molecule has 2 aliphatic heterocycles. The van der Waals surface area contributed by atoms with Crippen molar-refractivity contribution >= 4 is 5.95 Å². The second-order valence-electron chi connectivity index (χ2n) is 6.87. The van der Waals surface area contributed by atoms with Crippen LogP contribution in [-0.4, -0.2) is 21.3 Å². The Hall–Kier alpha value is -2.50. The van der Waals surface area contributed by atoms with Crippen LogP contribution in [0.3, 0.4) is 0 Å². The van der Waals surface area contributed by atoms with Crippen molar-refractivity contribution in [3.05, 3.63) is 51.4 Å². The number of aromatic nitrogens is 2. The first-order chi connectivity index (χ1) is 10.8. The molecule has 1 aromatic carbocycles. The van der Waals surface area contributed by atoms with E-state index in [-0.39, 0.29) is 17.6 Å². The zero-order chi connectivity index (χ0) is 16.4. The molecule has 2 N–H and O–H groups in total. The summed E-state index contributed by atoms with van der Waals surface area (Å²) in [6.07, 6.45) is 0. The van der Waals surface area contributed by atoms with Crippen molar-refractivity contribution in [1.82, 2.24) is 9.66 Å². The molecule has 0 bridgehead atoms. The summed E-state index contributed by atoms with van der Waals surface area (Å²) in [6.45, 7) is 7.96. The van der Waals surface area contributed by atoms with Gasteiger partial charge in [-0.05, 0) is 39.3 Å². The van der Waals surface area contributed by atoms with Crippen LogP contribution in [-0.2, 0) is 0 Å². The van der Waals surface area contributed by atoms with Gasteiger partial charge in [-0.1, -0.05) is 12.1 Å². The van der Waals surface area contributed by atoms with E-state index in [4.69, 9.17) is 4.74 Å². The number of hydrogen-bond acceptors (Lipinski definition) is 5. The average Bonchev–Trinajstić information content (AvgIpc) is 2.45. The maximum absolute atomic E-state index is 12.3. The monoisotopic (exact) mass is 312 g/mol. The van der Waals surface area contributed by atoms with Crippen LogP contribution in [0.15, 0.2) is 29.1 Å². The molecule has 4 rings (SSSR count). The number of ether oxygens (including phenoxy) is 1. The first-order valence-electron chi connectivity index (χ1n) is 7.78. The second-order valence-corrected chi connectivity index (χ2v) is 6.87. The molecule has 6 nitrogen and oxygen atoms in total. The largest absolute Gasteiger partial charge is 0.485 e. The van der Waals surface area contributed by atoms with Gasteiger partial charge in [-0.15, -0.1) is 0 Å². The molecule has 1 aromatic heterocycles. The van der Waals surface area contributed by atoms with Gasteiger partial charge in [-0.3, -0.25) is 4.79 Å². The Balaban J connectivity index is 1.88. The minimum absolute atomic E-state index is 0.0357. The van der Waals surface area contributed by atoms with Crippen molar-refractivity contribution in [2.75, 3.05) is 10.7 Å². The van der Waals surface area contributed by atoms with Gasteiger partial charge >= 0.3 is 0 Å². The molecule has 2 atom stereocenters.